The van der Waals surface area contributed by atoms with E-state index in [0.717, 1.165) is 19.2 Å². The molecule has 2 heterocycles. The van der Waals surface area contributed by atoms with Crippen LogP contribution in [-0.2, 0) is 14.3 Å². The van der Waals surface area contributed by atoms with Crippen LogP contribution in [0.3, 0.4) is 0 Å². The number of ketones is 1. The second kappa shape index (κ2) is 4.87. The summed E-state index contributed by atoms with van der Waals surface area (Å²) in [5.41, 5.74) is -1.83. The Labute approximate surface area is 113 Å². The largest absolute Gasteiger partial charge is 0.393 e. The van der Waals surface area contributed by atoms with Gasteiger partial charge in [-0.25, -0.2) is 8.78 Å². The third-order valence-corrected chi connectivity index (χ3v) is 3.86. The zero-order valence-corrected chi connectivity index (χ0v) is 10.8. The highest BCUT2D eigenvalue weighted by molar-refractivity contribution is 6.06. The minimum absolute atomic E-state index is 0.476. The van der Waals surface area contributed by atoms with Crippen molar-refractivity contribution in [3.63, 3.8) is 0 Å². The molecule has 0 bridgehead atoms. The molecule has 1 saturated heterocycles. The van der Waals surface area contributed by atoms with Crippen molar-refractivity contribution in [3.8, 4) is 0 Å². The van der Waals surface area contributed by atoms with Gasteiger partial charge in [0.05, 0.1) is 25.6 Å². The Hall–Kier alpha value is -1.38. The average Bonchev–Trinajstić information content (AvgIpc) is 2.60. The number of aliphatic hydroxyl groups excluding tert-OH is 2. The first kappa shape index (κ1) is 15.0. The van der Waals surface area contributed by atoms with Crippen LogP contribution in [-0.4, -0.2) is 57.8 Å². The molecular formula is C12H15F2NO5. The van der Waals surface area contributed by atoms with Crippen LogP contribution in [0, 0.1) is 5.92 Å². The molecule has 2 aliphatic rings. The number of ether oxygens (including phenoxy) is 1. The van der Waals surface area contributed by atoms with Crippen molar-refractivity contribution in [2.75, 3.05) is 13.2 Å². The van der Waals surface area contributed by atoms with Gasteiger partial charge < -0.3 is 14.9 Å². The minimum atomic E-state index is -3.47. The Bertz CT molecular complexity index is 461. The molecule has 2 rings (SSSR count). The Balaban J connectivity index is 2.35. The van der Waals surface area contributed by atoms with Crippen molar-refractivity contribution >= 4 is 11.7 Å². The third kappa shape index (κ3) is 2.04. The van der Waals surface area contributed by atoms with E-state index in [4.69, 9.17) is 4.74 Å². The Kier molecular flexibility index (Phi) is 3.66. The van der Waals surface area contributed by atoms with Crippen molar-refractivity contribution in [2.24, 2.45) is 5.92 Å². The number of carbonyl (C=O) groups is 2. The van der Waals surface area contributed by atoms with E-state index in [2.05, 4.69) is 0 Å². The summed E-state index contributed by atoms with van der Waals surface area (Å²) < 4.78 is 33.6. The van der Waals surface area contributed by atoms with Crippen LogP contribution in [0.2, 0.25) is 0 Å². The van der Waals surface area contributed by atoms with E-state index >= 15 is 0 Å². The van der Waals surface area contributed by atoms with Crippen LogP contribution in [0.15, 0.2) is 12.3 Å². The monoisotopic (exact) mass is 291 g/mol. The van der Waals surface area contributed by atoms with E-state index in [1.807, 2.05) is 0 Å². The molecule has 0 radical (unpaired) electrons. The second-order valence-electron chi connectivity index (χ2n) is 5.01. The van der Waals surface area contributed by atoms with Crippen molar-refractivity contribution in [1.82, 2.24) is 4.90 Å². The van der Waals surface area contributed by atoms with Crippen molar-refractivity contribution in [2.45, 2.75) is 31.1 Å². The lowest BCUT2D eigenvalue weighted by molar-refractivity contribution is -0.181. The second-order valence-corrected chi connectivity index (χ2v) is 5.01. The van der Waals surface area contributed by atoms with Gasteiger partial charge in [-0.2, -0.15) is 0 Å². The highest BCUT2D eigenvalue weighted by atomic mass is 19.3. The number of rotatable bonds is 3. The quantitative estimate of drug-likeness (QED) is 0.694. The maximum absolute atomic E-state index is 14.3. The minimum Gasteiger partial charge on any atom is -0.393 e. The molecule has 2 atom stereocenters. The van der Waals surface area contributed by atoms with E-state index in [1.165, 1.54) is 0 Å². The average molecular weight is 291 g/mol. The molecule has 8 heteroatoms. The van der Waals surface area contributed by atoms with Crippen molar-refractivity contribution in [3.05, 3.63) is 12.3 Å². The maximum atomic E-state index is 14.3. The zero-order valence-electron chi connectivity index (χ0n) is 10.8. The predicted molar refractivity (Wildman–Crippen MR) is 61.5 cm³/mol. The molecule has 20 heavy (non-hydrogen) atoms. The summed E-state index contributed by atoms with van der Waals surface area (Å²) in [6.07, 6.45) is -0.492. The number of hydrogen-bond acceptors (Lipinski definition) is 5. The highest BCUT2D eigenvalue weighted by Crippen LogP contribution is 2.48. The summed E-state index contributed by atoms with van der Waals surface area (Å²) in [4.78, 5) is 23.4. The van der Waals surface area contributed by atoms with Gasteiger partial charge in [0, 0.05) is 6.20 Å². The van der Waals surface area contributed by atoms with Gasteiger partial charge in [-0.15, -0.1) is 0 Å². The van der Waals surface area contributed by atoms with Gasteiger partial charge in [0.2, 0.25) is 12.1 Å². The number of carbonyl (C=O) groups excluding carboxylic acids is 2. The Morgan fingerprint density at radius 3 is 2.45 bits per heavy atom. The van der Waals surface area contributed by atoms with Gasteiger partial charge in [0.15, 0.2) is 5.78 Å². The molecule has 2 N–H and O–H groups in total. The normalized spacial score (nSPS) is 31.9. The number of amides is 1. The topological polar surface area (TPSA) is 87.1 Å². The summed E-state index contributed by atoms with van der Waals surface area (Å²) in [5, 5.41) is 18.5. The maximum Gasteiger partial charge on any atom is 0.297 e. The first-order valence-corrected chi connectivity index (χ1v) is 6.08. The fourth-order valence-corrected chi connectivity index (χ4v) is 2.36. The van der Waals surface area contributed by atoms with Crippen LogP contribution < -0.4 is 0 Å². The number of alkyl halides is 2. The smallest absolute Gasteiger partial charge is 0.297 e. The molecule has 0 saturated carbocycles. The van der Waals surface area contributed by atoms with Gasteiger partial charge in [-0.05, 0) is 6.08 Å². The number of hydrogen-bond donors (Lipinski definition) is 2. The molecule has 0 aromatic carbocycles. The van der Waals surface area contributed by atoms with Crippen LogP contribution in [0.1, 0.15) is 13.3 Å². The van der Waals surface area contributed by atoms with Gasteiger partial charge in [-0.3, -0.25) is 14.5 Å². The van der Waals surface area contributed by atoms with Crippen LogP contribution in [0.4, 0.5) is 8.78 Å². The van der Waals surface area contributed by atoms with E-state index in [0.29, 0.717) is 4.90 Å². The van der Waals surface area contributed by atoms with Crippen molar-refractivity contribution in [1.29, 1.82) is 0 Å². The van der Waals surface area contributed by atoms with E-state index < -0.39 is 55.0 Å². The number of nitrogens with zero attached hydrogens (tertiary/aromatic N) is 1. The lowest BCUT2D eigenvalue weighted by Gasteiger charge is -2.31. The van der Waals surface area contributed by atoms with E-state index in [1.54, 1.807) is 0 Å². The summed E-state index contributed by atoms with van der Waals surface area (Å²) >= 11 is 0. The zero-order chi connectivity index (χ0) is 15.1. The summed E-state index contributed by atoms with van der Waals surface area (Å²) in [6, 6.07) is 0. The molecule has 0 aliphatic carbocycles. The van der Waals surface area contributed by atoms with E-state index in [9.17, 15) is 28.6 Å². The summed E-state index contributed by atoms with van der Waals surface area (Å²) in [7, 11) is 0. The standard InChI is InChI=1S/C12H15F2NO5/c1-7-11(5-16,6-17)20-10(12(7,13)14)15-3-2-8(18)4-9(15)19/h2-3,7,10,16-17H,4-6H2,1H3/t7-,10-/m1/s1. The lowest BCUT2D eigenvalue weighted by atomic mass is 9.87. The number of aliphatic hydroxyl groups is 2. The molecule has 0 aromatic heterocycles. The van der Waals surface area contributed by atoms with Gasteiger partial charge >= 0.3 is 0 Å². The lowest BCUT2D eigenvalue weighted by Crippen LogP contribution is -2.48. The van der Waals surface area contributed by atoms with Crippen LogP contribution in [0.5, 0.6) is 0 Å². The fraction of sp³-hybridized carbons (Fsp3) is 0.667. The first-order valence-electron chi connectivity index (χ1n) is 6.08. The van der Waals surface area contributed by atoms with Crippen molar-refractivity contribution < 1.29 is 33.3 Å². The SMILES string of the molecule is C[C@@H]1C(CO)(CO)O[C@@H](N2C=CC(=O)CC2=O)C1(F)F. The molecule has 6 nitrogen and oxygen atoms in total. The fourth-order valence-electron chi connectivity index (χ4n) is 2.36. The molecule has 1 amide bonds. The summed E-state index contributed by atoms with van der Waals surface area (Å²) in [5.74, 6) is -6.24. The van der Waals surface area contributed by atoms with Crippen LogP contribution >= 0.6 is 0 Å². The van der Waals surface area contributed by atoms with Gasteiger partial charge in [0.25, 0.3) is 5.92 Å². The molecule has 1 fully saturated rings. The molecule has 0 spiro atoms. The van der Waals surface area contributed by atoms with E-state index in [-0.39, 0.29) is 0 Å². The Morgan fingerprint density at radius 1 is 1.40 bits per heavy atom. The molecule has 2 aliphatic heterocycles. The molecular weight excluding hydrogens is 276 g/mol. The highest BCUT2D eigenvalue weighted by Gasteiger charge is 2.66. The molecule has 112 valence electrons. The number of allylic oxidation sites excluding steroid dienone is 1. The van der Waals surface area contributed by atoms with Gasteiger partial charge in [0.1, 0.15) is 5.60 Å². The first-order chi connectivity index (χ1) is 9.28. The predicted octanol–water partition coefficient (Wildman–Crippen LogP) is -0.347. The molecule has 0 aromatic rings. The number of halogens is 2. The molecule has 0 unspecified atom stereocenters. The van der Waals surface area contributed by atoms with Gasteiger partial charge in [-0.1, -0.05) is 6.92 Å². The van der Waals surface area contributed by atoms with Crippen LogP contribution in [0.25, 0.3) is 0 Å². The summed E-state index contributed by atoms with van der Waals surface area (Å²) in [6.45, 7) is -0.474. The Morgan fingerprint density at radius 2 is 2.00 bits per heavy atom. The third-order valence-electron chi connectivity index (χ3n) is 3.86.